The second-order valence-electron chi connectivity index (χ2n) is 6.45. The molecule has 0 aromatic heterocycles. The van der Waals surface area contributed by atoms with Crippen LogP contribution in [0.2, 0.25) is 0 Å². The molecule has 19 heavy (non-hydrogen) atoms. The van der Waals surface area contributed by atoms with Gasteiger partial charge in [0.1, 0.15) is 0 Å². The van der Waals surface area contributed by atoms with E-state index in [1.165, 1.54) is 25.7 Å². The van der Waals surface area contributed by atoms with E-state index in [1.807, 2.05) is 0 Å². The summed E-state index contributed by atoms with van der Waals surface area (Å²) in [7, 11) is 0. The number of carbonyl (C=O) groups is 1. The minimum Gasteiger partial charge on any atom is -0.342 e. The molecule has 0 radical (unpaired) electrons. The van der Waals surface area contributed by atoms with Crippen molar-refractivity contribution in [1.29, 1.82) is 0 Å². The molecule has 0 aromatic rings. The summed E-state index contributed by atoms with van der Waals surface area (Å²) in [6, 6.07) is 0. The fourth-order valence-corrected chi connectivity index (χ4v) is 3.84. The first kappa shape index (κ1) is 14.8. The molecule has 0 aliphatic carbocycles. The molecule has 0 saturated carbocycles. The van der Waals surface area contributed by atoms with Gasteiger partial charge < -0.3 is 10.2 Å². The molecule has 0 spiro atoms. The van der Waals surface area contributed by atoms with Gasteiger partial charge in [-0.25, -0.2) is 0 Å². The van der Waals surface area contributed by atoms with Gasteiger partial charge in [0.2, 0.25) is 5.91 Å². The Kier molecular flexibility index (Phi) is 5.26. The Hall–Kier alpha value is -0.570. The van der Waals surface area contributed by atoms with Crippen molar-refractivity contribution in [2.75, 3.05) is 26.2 Å². The van der Waals surface area contributed by atoms with Crippen molar-refractivity contribution >= 4 is 5.91 Å². The molecule has 3 heteroatoms. The highest BCUT2D eigenvalue weighted by Crippen LogP contribution is 2.34. The molecule has 2 aliphatic rings. The van der Waals surface area contributed by atoms with Crippen LogP contribution in [-0.4, -0.2) is 37.0 Å². The van der Waals surface area contributed by atoms with E-state index in [9.17, 15) is 4.79 Å². The second kappa shape index (κ2) is 6.74. The zero-order valence-electron chi connectivity index (χ0n) is 12.7. The lowest BCUT2D eigenvalue weighted by atomic mass is 9.81. The van der Waals surface area contributed by atoms with Crippen molar-refractivity contribution in [3.8, 4) is 0 Å². The van der Waals surface area contributed by atoms with Crippen molar-refractivity contribution < 1.29 is 4.79 Å². The van der Waals surface area contributed by atoms with E-state index in [0.29, 0.717) is 5.91 Å². The van der Waals surface area contributed by atoms with Crippen LogP contribution in [0.1, 0.15) is 58.8 Å². The van der Waals surface area contributed by atoms with Crippen LogP contribution < -0.4 is 5.32 Å². The van der Waals surface area contributed by atoms with Crippen LogP contribution in [-0.2, 0) is 4.79 Å². The van der Waals surface area contributed by atoms with Crippen LogP contribution in [0.15, 0.2) is 0 Å². The molecule has 0 bridgehead atoms. The summed E-state index contributed by atoms with van der Waals surface area (Å²) in [5.74, 6) is 1.28. The van der Waals surface area contributed by atoms with E-state index < -0.39 is 0 Å². The van der Waals surface area contributed by atoms with Gasteiger partial charge in [0.05, 0.1) is 5.41 Å². The summed E-state index contributed by atoms with van der Waals surface area (Å²) >= 11 is 0. The summed E-state index contributed by atoms with van der Waals surface area (Å²) in [5, 5.41) is 3.41. The van der Waals surface area contributed by atoms with Crippen LogP contribution >= 0.6 is 0 Å². The molecule has 1 amide bonds. The first-order valence-corrected chi connectivity index (χ1v) is 8.22. The van der Waals surface area contributed by atoms with E-state index in [-0.39, 0.29) is 5.41 Å². The molecule has 3 nitrogen and oxygen atoms in total. The van der Waals surface area contributed by atoms with Gasteiger partial charge in [-0.1, -0.05) is 26.7 Å². The Bertz CT molecular complexity index is 297. The quantitative estimate of drug-likeness (QED) is 0.848. The minimum atomic E-state index is -0.0825. The third-order valence-corrected chi connectivity index (χ3v) is 5.14. The van der Waals surface area contributed by atoms with Gasteiger partial charge in [-0.05, 0) is 44.6 Å². The summed E-state index contributed by atoms with van der Waals surface area (Å²) in [6.45, 7) is 8.36. The average Bonchev–Trinajstić information content (AvgIpc) is 2.76. The van der Waals surface area contributed by atoms with Gasteiger partial charge in [-0.15, -0.1) is 0 Å². The lowest BCUT2D eigenvalue weighted by molar-refractivity contribution is -0.141. The number of hydrogen-bond acceptors (Lipinski definition) is 2. The van der Waals surface area contributed by atoms with Gasteiger partial charge in [0.15, 0.2) is 0 Å². The number of nitrogens with one attached hydrogen (secondary N) is 1. The lowest BCUT2D eigenvalue weighted by Gasteiger charge is -2.33. The second-order valence-corrected chi connectivity index (χ2v) is 6.45. The highest BCUT2D eigenvalue weighted by molar-refractivity contribution is 5.83. The topological polar surface area (TPSA) is 32.3 Å². The van der Waals surface area contributed by atoms with E-state index in [0.717, 1.165) is 51.4 Å². The Labute approximate surface area is 118 Å². The Morgan fingerprint density at radius 3 is 2.79 bits per heavy atom. The van der Waals surface area contributed by atoms with Crippen LogP contribution in [0, 0.1) is 11.3 Å². The number of hydrogen-bond donors (Lipinski definition) is 1. The predicted molar refractivity (Wildman–Crippen MR) is 79.0 cm³/mol. The van der Waals surface area contributed by atoms with Crippen molar-refractivity contribution in [1.82, 2.24) is 10.2 Å². The maximum absolute atomic E-state index is 12.9. The number of carbonyl (C=O) groups excluding carboxylic acids is 1. The van der Waals surface area contributed by atoms with Gasteiger partial charge in [-0.3, -0.25) is 4.79 Å². The third kappa shape index (κ3) is 3.31. The molecule has 110 valence electrons. The van der Waals surface area contributed by atoms with E-state index in [2.05, 4.69) is 24.1 Å². The average molecular weight is 266 g/mol. The van der Waals surface area contributed by atoms with E-state index in [1.54, 1.807) is 0 Å². The smallest absolute Gasteiger partial charge is 0.230 e. The van der Waals surface area contributed by atoms with Gasteiger partial charge in [0.25, 0.3) is 0 Å². The van der Waals surface area contributed by atoms with Crippen LogP contribution in [0.3, 0.4) is 0 Å². The Morgan fingerprint density at radius 2 is 2.16 bits per heavy atom. The molecule has 2 atom stereocenters. The molecule has 2 unspecified atom stereocenters. The molecular weight excluding hydrogens is 236 g/mol. The monoisotopic (exact) mass is 266 g/mol. The molecule has 2 rings (SSSR count). The summed E-state index contributed by atoms with van der Waals surface area (Å²) < 4.78 is 0. The minimum absolute atomic E-state index is 0.0825. The molecule has 2 heterocycles. The number of amides is 1. The molecule has 2 fully saturated rings. The summed E-state index contributed by atoms with van der Waals surface area (Å²) in [5.41, 5.74) is -0.0825. The highest BCUT2D eigenvalue weighted by Gasteiger charge is 2.42. The summed E-state index contributed by atoms with van der Waals surface area (Å²) in [4.78, 5) is 15.1. The number of nitrogens with zero attached hydrogens (tertiary/aromatic N) is 1. The predicted octanol–water partition coefficient (Wildman–Crippen LogP) is 2.80. The third-order valence-electron chi connectivity index (χ3n) is 5.14. The van der Waals surface area contributed by atoms with Crippen LogP contribution in [0.4, 0.5) is 0 Å². The van der Waals surface area contributed by atoms with E-state index >= 15 is 0 Å². The zero-order chi connectivity index (χ0) is 13.7. The van der Waals surface area contributed by atoms with Crippen molar-refractivity contribution in [2.45, 2.75) is 58.8 Å². The normalized spacial score (nSPS) is 32.3. The Balaban J connectivity index is 2.01. The standard InChI is InChI=1S/C16H30N2O/c1-3-8-16(9-10-17-13-16)15(19)18-11-5-6-14(4-2)7-12-18/h14,17H,3-13H2,1-2H3. The van der Waals surface area contributed by atoms with Gasteiger partial charge in [-0.2, -0.15) is 0 Å². The number of likely N-dealkylation sites (tertiary alicyclic amines) is 1. The van der Waals surface area contributed by atoms with Crippen LogP contribution in [0.25, 0.3) is 0 Å². The fraction of sp³-hybridized carbons (Fsp3) is 0.938. The maximum atomic E-state index is 12.9. The molecular formula is C16H30N2O. The van der Waals surface area contributed by atoms with E-state index in [4.69, 9.17) is 0 Å². The first-order valence-electron chi connectivity index (χ1n) is 8.22. The van der Waals surface area contributed by atoms with Crippen molar-refractivity contribution in [3.05, 3.63) is 0 Å². The molecule has 2 saturated heterocycles. The van der Waals surface area contributed by atoms with Crippen molar-refractivity contribution in [2.24, 2.45) is 11.3 Å². The molecule has 1 N–H and O–H groups in total. The maximum Gasteiger partial charge on any atom is 0.230 e. The van der Waals surface area contributed by atoms with Crippen molar-refractivity contribution in [3.63, 3.8) is 0 Å². The number of rotatable bonds is 4. The molecule has 2 aliphatic heterocycles. The van der Waals surface area contributed by atoms with Gasteiger partial charge >= 0.3 is 0 Å². The SMILES string of the molecule is CCCC1(C(=O)N2CCCC(CC)CC2)CCNC1. The fourth-order valence-electron chi connectivity index (χ4n) is 3.84. The molecule has 0 aromatic carbocycles. The van der Waals surface area contributed by atoms with Crippen LogP contribution in [0.5, 0.6) is 0 Å². The lowest BCUT2D eigenvalue weighted by Crippen LogP contribution is -2.45. The van der Waals surface area contributed by atoms with Gasteiger partial charge in [0, 0.05) is 19.6 Å². The Morgan fingerprint density at radius 1 is 1.32 bits per heavy atom. The highest BCUT2D eigenvalue weighted by atomic mass is 16.2. The zero-order valence-corrected chi connectivity index (χ0v) is 12.7. The largest absolute Gasteiger partial charge is 0.342 e. The summed E-state index contributed by atoms with van der Waals surface area (Å²) in [6.07, 6.45) is 8.17. The first-order chi connectivity index (χ1) is 9.22.